The molecule has 0 bridgehead atoms. The van der Waals surface area contributed by atoms with Crippen molar-refractivity contribution in [2.75, 3.05) is 0 Å². The average Bonchev–Trinajstić information content (AvgIpc) is 2.10. The van der Waals surface area contributed by atoms with E-state index in [4.69, 9.17) is 5.84 Å². The summed E-state index contributed by atoms with van der Waals surface area (Å²) in [6, 6.07) is -0.762. The predicted octanol–water partition coefficient (Wildman–Crippen LogP) is -0.535. The Morgan fingerprint density at radius 3 is 2.21 bits per heavy atom. The van der Waals surface area contributed by atoms with Gasteiger partial charge in [-0.15, -0.1) is 0 Å². The van der Waals surface area contributed by atoms with Crippen molar-refractivity contribution in [3.8, 4) is 0 Å². The fourth-order valence-corrected chi connectivity index (χ4v) is 0.918. The molecule has 0 spiro atoms. The number of hydrazine groups is 1. The molecule has 6 nitrogen and oxygen atoms in total. The second-order valence-corrected chi connectivity index (χ2v) is 3.88. The molecule has 0 aromatic rings. The molecular formula is C8H16N3O3+. The second kappa shape index (κ2) is 4.71. The van der Waals surface area contributed by atoms with Crippen LogP contribution in [0, 0.1) is 5.41 Å². The molecule has 0 radical (unpaired) electrons. The highest BCUT2D eigenvalue weighted by Crippen LogP contribution is 2.19. The van der Waals surface area contributed by atoms with E-state index in [1.54, 1.807) is 20.8 Å². The lowest BCUT2D eigenvalue weighted by Gasteiger charge is -2.26. The highest BCUT2D eigenvalue weighted by molar-refractivity contribution is 5.85. The lowest BCUT2D eigenvalue weighted by atomic mass is 9.86. The van der Waals surface area contributed by atoms with Gasteiger partial charge in [-0.2, -0.15) is 0 Å². The topological polar surface area (TPSA) is 95.5 Å². The van der Waals surface area contributed by atoms with Gasteiger partial charge >= 0.3 is 6.09 Å². The summed E-state index contributed by atoms with van der Waals surface area (Å²) in [6.07, 6.45) is -0.770. The first-order chi connectivity index (χ1) is 6.32. The smallest absolute Gasteiger partial charge is 0.292 e. The van der Waals surface area contributed by atoms with E-state index in [1.807, 2.05) is 5.43 Å². The summed E-state index contributed by atoms with van der Waals surface area (Å²) >= 11 is 0. The Labute approximate surface area is 82.5 Å². The van der Waals surface area contributed by atoms with E-state index in [9.17, 15) is 9.59 Å². The van der Waals surface area contributed by atoms with Gasteiger partial charge in [0.05, 0.1) is 4.79 Å². The van der Waals surface area contributed by atoms with Crippen molar-refractivity contribution < 1.29 is 14.0 Å². The fourth-order valence-electron chi connectivity index (χ4n) is 0.918. The minimum atomic E-state index is -0.770. The van der Waals surface area contributed by atoms with Crippen molar-refractivity contribution in [2.45, 2.75) is 26.8 Å². The molecule has 80 valence electrons. The highest BCUT2D eigenvalue weighted by atomic mass is 16.5. The second-order valence-electron chi connectivity index (χ2n) is 3.88. The molecule has 1 atom stereocenters. The van der Waals surface area contributed by atoms with Gasteiger partial charge in [0.2, 0.25) is 0 Å². The maximum absolute atomic E-state index is 11.3. The van der Waals surface area contributed by atoms with E-state index in [0.29, 0.717) is 0 Å². The van der Waals surface area contributed by atoms with Gasteiger partial charge in [0.25, 0.3) is 5.91 Å². The van der Waals surface area contributed by atoms with Gasteiger partial charge in [0, 0.05) is 0 Å². The molecule has 0 saturated carbocycles. The minimum Gasteiger partial charge on any atom is -0.292 e. The molecule has 0 aliphatic carbocycles. The van der Waals surface area contributed by atoms with Gasteiger partial charge in [0.15, 0.2) is 6.79 Å². The van der Waals surface area contributed by atoms with E-state index in [2.05, 4.69) is 16.5 Å². The molecule has 0 aliphatic rings. The number of carbonyl (C=O) groups is 2. The van der Waals surface area contributed by atoms with Crippen LogP contribution in [0.5, 0.6) is 0 Å². The Morgan fingerprint density at radius 2 is 1.93 bits per heavy atom. The molecule has 0 rings (SSSR count). The van der Waals surface area contributed by atoms with Gasteiger partial charge in [-0.1, -0.05) is 20.8 Å². The Kier molecular flexibility index (Phi) is 4.23. The highest BCUT2D eigenvalue weighted by Gasteiger charge is 2.35. The van der Waals surface area contributed by atoms with Crippen molar-refractivity contribution in [3.05, 3.63) is 0 Å². The van der Waals surface area contributed by atoms with Crippen LogP contribution in [0.15, 0.2) is 0 Å². The number of hydrogen-bond acceptors (Lipinski definition) is 3. The molecule has 6 heteroatoms. The number of hydrogen-bond donors (Lipinski definition) is 3. The van der Waals surface area contributed by atoms with E-state index in [1.165, 1.54) is 0 Å². The zero-order valence-electron chi connectivity index (χ0n) is 8.59. The van der Waals surface area contributed by atoms with E-state index < -0.39 is 23.5 Å². The summed E-state index contributed by atoms with van der Waals surface area (Å²) in [5.74, 6) is 4.50. The van der Waals surface area contributed by atoms with Gasteiger partial charge < -0.3 is 0 Å². The summed E-state index contributed by atoms with van der Waals surface area (Å²) in [7, 11) is 0. The van der Waals surface area contributed by atoms with Crippen LogP contribution in [0.2, 0.25) is 0 Å². The normalized spacial score (nSPS) is 12.9. The molecule has 14 heavy (non-hydrogen) atoms. The van der Waals surface area contributed by atoms with Crippen LogP contribution < -0.4 is 16.6 Å². The maximum Gasteiger partial charge on any atom is 0.691 e. The van der Waals surface area contributed by atoms with Crippen LogP contribution in [-0.2, 0) is 9.22 Å². The fraction of sp³-hybridized carbons (Fsp3) is 0.625. The first-order valence-corrected chi connectivity index (χ1v) is 4.06. The minimum absolute atomic E-state index is 0.461. The van der Waals surface area contributed by atoms with E-state index in [-0.39, 0.29) is 0 Å². The third-order valence-corrected chi connectivity index (χ3v) is 1.66. The summed E-state index contributed by atoms with van der Waals surface area (Å²) in [6.45, 7) is 8.29. The summed E-state index contributed by atoms with van der Waals surface area (Å²) in [5, 5.41) is 2.34. The summed E-state index contributed by atoms with van der Waals surface area (Å²) in [4.78, 5) is 22.2. The zero-order chi connectivity index (χ0) is 11.4. The lowest BCUT2D eigenvalue weighted by Crippen LogP contribution is -2.54. The van der Waals surface area contributed by atoms with Crippen LogP contribution in [0.1, 0.15) is 20.8 Å². The molecule has 0 aromatic heterocycles. The van der Waals surface area contributed by atoms with Crippen LogP contribution in [0.4, 0.5) is 4.79 Å². The number of carbonyl (C=O) groups excluding carboxylic acids is 3. The van der Waals surface area contributed by atoms with Crippen molar-refractivity contribution in [3.63, 3.8) is 0 Å². The first kappa shape index (κ1) is 12.6. The Hall–Kier alpha value is -1.43. The van der Waals surface area contributed by atoms with Crippen molar-refractivity contribution in [1.82, 2.24) is 10.7 Å². The molecular weight excluding hydrogens is 186 g/mol. The first-order valence-electron chi connectivity index (χ1n) is 4.06. The van der Waals surface area contributed by atoms with Crippen molar-refractivity contribution in [1.29, 1.82) is 0 Å². The number of nitrogens with two attached hydrogens (primary N) is 1. The Morgan fingerprint density at radius 1 is 1.43 bits per heavy atom. The lowest BCUT2D eigenvalue weighted by molar-refractivity contribution is -0.333. The van der Waals surface area contributed by atoms with Gasteiger partial charge in [0.1, 0.15) is 6.04 Å². The van der Waals surface area contributed by atoms with Gasteiger partial charge in [-0.3, -0.25) is 20.0 Å². The van der Waals surface area contributed by atoms with Crippen LogP contribution in [0.3, 0.4) is 0 Å². The van der Waals surface area contributed by atoms with Crippen LogP contribution in [0.25, 0.3) is 0 Å². The predicted molar refractivity (Wildman–Crippen MR) is 51.2 cm³/mol. The van der Waals surface area contributed by atoms with Gasteiger partial charge in [-0.05, 0) is 5.41 Å². The number of rotatable bonds is 2. The third-order valence-electron chi connectivity index (χ3n) is 1.66. The third kappa shape index (κ3) is 3.53. The molecule has 2 amide bonds. The molecule has 0 aliphatic heterocycles. The average molecular weight is 202 g/mol. The maximum atomic E-state index is 11.3. The number of nitrogens with one attached hydrogen (secondary N) is 2. The SMILES string of the molecule is C=[O+]C(=O)NC(C(=O)NN)C(C)(C)C. The molecule has 0 fully saturated rings. The largest absolute Gasteiger partial charge is 0.691 e. The van der Waals surface area contributed by atoms with E-state index in [0.717, 1.165) is 0 Å². The molecule has 4 N–H and O–H groups in total. The quantitative estimate of drug-likeness (QED) is 0.243. The van der Waals surface area contributed by atoms with Gasteiger partial charge in [-0.25, -0.2) is 5.84 Å². The monoisotopic (exact) mass is 202 g/mol. The Bertz CT molecular complexity index is 245. The zero-order valence-corrected chi connectivity index (χ0v) is 8.59. The molecule has 0 aromatic carbocycles. The van der Waals surface area contributed by atoms with Crippen LogP contribution >= 0.6 is 0 Å². The summed E-state index contributed by atoms with van der Waals surface area (Å²) < 4.78 is 4.15. The van der Waals surface area contributed by atoms with Crippen molar-refractivity contribution in [2.24, 2.45) is 11.3 Å². The van der Waals surface area contributed by atoms with E-state index >= 15 is 0 Å². The standard InChI is InChI=1S/C8H15N3O3/c1-8(2,3)5(6(12)11-9)10-7(13)14-4/h5H,4,9H2,1-3H3,(H-,10,11,12,13)/p+1. The number of amides is 2. The molecule has 0 heterocycles. The Balaban J connectivity index is 4.65. The molecule has 1 unspecified atom stereocenters. The van der Waals surface area contributed by atoms with Crippen molar-refractivity contribution >= 4 is 18.8 Å². The summed E-state index contributed by atoms with van der Waals surface area (Å²) in [5.41, 5.74) is 1.51. The van der Waals surface area contributed by atoms with Crippen LogP contribution in [-0.4, -0.2) is 24.8 Å². The molecule has 0 saturated heterocycles.